The Balaban J connectivity index is 2.95. The molecule has 4 nitrogen and oxygen atoms in total. The molecule has 0 fully saturated rings. The molecule has 0 aromatic carbocycles. The van der Waals surface area contributed by atoms with Gasteiger partial charge in [-0.05, 0) is 5.41 Å². The predicted molar refractivity (Wildman–Crippen MR) is 59.3 cm³/mol. The van der Waals surface area contributed by atoms with Crippen LogP contribution < -0.4 is 0 Å². The summed E-state index contributed by atoms with van der Waals surface area (Å²) in [4.78, 5) is 23.6. The average molecular weight is 229 g/mol. The van der Waals surface area contributed by atoms with E-state index in [1.807, 2.05) is 26.2 Å². The summed E-state index contributed by atoms with van der Waals surface area (Å²) in [6.07, 6.45) is 0. The molecule has 15 heavy (non-hydrogen) atoms. The highest BCUT2D eigenvalue weighted by molar-refractivity contribution is 8.02. The highest BCUT2D eigenvalue weighted by Crippen LogP contribution is 2.33. The maximum atomic E-state index is 11.6. The van der Waals surface area contributed by atoms with Crippen LogP contribution in [0.1, 0.15) is 20.8 Å². The lowest BCUT2D eigenvalue weighted by Crippen LogP contribution is -2.41. The summed E-state index contributed by atoms with van der Waals surface area (Å²) in [6, 6.07) is 0. The van der Waals surface area contributed by atoms with Crippen molar-refractivity contribution in [1.82, 2.24) is 4.90 Å². The number of carboxylic acid groups (broad SMARTS) is 1. The van der Waals surface area contributed by atoms with Crippen LogP contribution in [0.3, 0.4) is 0 Å². The second-order valence-corrected chi connectivity index (χ2v) is 5.30. The number of amides is 1. The van der Waals surface area contributed by atoms with E-state index in [1.54, 1.807) is 0 Å². The Morgan fingerprint density at radius 3 is 2.67 bits per heavy atom. The van der Waals surface area contributed by atoms with Gasteiger partial charge < -0.3 is 10.0 Å². The molecule has 1 aliphatic heterocycles. The van der Waals surface area contributed by atoms with Gasteiger partial charge in [-0.3, -0.25) is 9.59 Å². The minimum absolute atomic E-state index is 0.130. The summed E-state index contributed by atoms with van der Waals surface area (Å²) in [5.74, 6) is -0.785. The molecule has 1 heterocycles. The lowest BCUT2D eigenvalue weighted by atomic mass is 9.91. The third-order valence-corrected chi connectivity index (χ3v) is 2.86. The fraction of sp³-hybridized carbons (Fsp3) is 0.600. The second kappa shape index (κ2) is 4.26. The zero-order valence-electron chi connectivity index (χ0n) is 9.11. The summed E-state index contributed by atoms with van der Waals surface area (Å²) in [5.41, 5.74) is 0.574. The van der Waals surface area contributed by atoms with Gasteiger partial charge in [0.2, 0.25) is 5.91 Å². The van der Waals surface area contributed by atoms with E-state index in [9.17, 15) is 9.59 Å². The van der Waals surface area contributed by atoms with E-state index in [0.29, 0.717) is 5.75 Å². The number of thioether (sulfide) groups is 1. The Hall–Kier alpha value is -0.970. The monoisotopic (exact) mass is 229 g/mol. The molecule has 1 rings (SSSR count). The normalized spacial score (nSPS) is 17.7. The third kappa shape index (κ3) is 2.99. The van der Waals surface area contributed by atoms with E-state index < -0.39 is 5.97 Å². The molecule has 0 aromatic rings. The highest BCUT2D eigenvalue weighted by atomic mass is 32.2. The lowest BCUT2D eigenvalue weighted by Gasteiger charge is -2.34. The molecular formula is C10H15NO3S. The second-order valence-electron chi connectivity index (χ2n) is 4.44. The molecular weight excluding hydrogens is 214 g/mol. The van der Waals surface area contributed by atoms with Gasteiger partial charge in [-0.1, -0.05) is 20.8 Å². The first-order valence-electron chi connectivity index (χ1n) is 4.67. The van der Waals surface area contributed by atoms with Crippen molar-refractivity contribution in [3.63, 3.8) is 0 Å². The Bertz CT molecular complexity index is 317. The zero-order valence-corrected chi connectivity index (χ0v) is 9.93. The summed E-state index contributed by atoms with van der Waals surface area (Å²) >= 11 is 1.42. The van der Waals surface area contributed by atoms with E-state index in [0.717, 1.165) is 5.70 Å². The van der Waals surface area contributed by atoms with Crippen LogP contribution in [0.15, 0.2) is 11.1 Å². The van der Waals surface area contributed by atoms with Gasteiger partial charge in [-0.15, -0.1) is 11.8 Å². The molecule has 5 heteroatoms. The van der Waals surface area contributed by atoms with Gasteiger partial charge in [0, 0.05) is 11.1 Å². The largest absolute Gasteiger partial charge is 0.480 e. The molecule has 0 spiro atoms. The molecule has 1 N–H and O–H groups in total. The summed E-state index contributed by atoms with van der Waals surface area (Å²) in [5, 5.41) is 10.6. The van der Waals surface area contributed by atoms with Crippen molar-refractivity contribution in [2.24, 2.45) is 5.41 Å². The highest BCUT2D eigenvalue weighted by Gasteiger charge is 2.31. The van der Waals surface area contributed by atoms with Crippen LogP contribution in [0.5, 0.6) is 0 Å². The average Bonchev–Trinajstić information content (AvgIpc) is 2.05. The molecule has 0 aromatic heterocycles. The SMILES string of the molecule is CC(C)(C)C1=CSCC(=O)N1CC(=O)O. The Morgan fingerprint density at radius 1 is 1.60 bits per heavy atom. The van der Waals surface area contributed by atoms with E-state index >= 15 is 0 Å². The first kappa shape index (κ1) is 12.1. The van der Waals surface area contributed by atoms with E-state index in [-0.39, 0.29) is 17.9 Å². The standard InChI is InChI=1S/C10H15NO3S/c1-10(2,3)7-5-15-6-8(12)11(7)4-9(13)14/h5H,4,6H2,1-3H3,(H,13,14). The van der Waals surface area contributed by atoms with Gasteiger partial charge in [0.25, 0.3) is 0 Å². The number of allylic oxidation sites excluding steroid dienone is 1. The van der Waals surface area contributed by atoms with Crippen molar-refractivity contribution in [2.75, 3.05) is 12.3 Å². The molecule has 0 bridgehead atoms. The summed E-state index contributed by atoms with van der Waals surface area (Å²) in [7, 11) is 0. The van der Waals surface area contributed by atoms with Crippen molar-refractivity contribution in [3.05, 3.63) is 11.1 Å². The fourth-order valence-corrected chi connectivity index (χ4v) is 2.38. The molecule has 0 aliphatic carbocycles. The number of carboxylic acids is 1. The summed E-state index contributed by atoms with van der Waals surface area (Å²) < 4.78 is 0. The van der Waals surface area contributed by atoms with E-state index in [4.69, 9.17) is 5.11 Å². The quantitative estimate of drug-likeness (QED) is 0.780. The fourth-order valence-electron chi connectivity index (χ4n) is 1.36. The van der Waals surface area contributed by atoms with Gasteiger partial charge in [-0.25, -0.2) is 0 Å². The van der Waals surface area contributed by atoms with E-state index in [1.165, 1.54) is 16.7 Å². The number of carbonyl (C=O) groups is 2. The van der Waals surface area contributed by atoms with Crippen LogP contribution in [-0.2, 0) is 9.59 Å². The maximum Gasteiger partial charge on any atom is 0.323 e. The minimum atomic E-state index is -0.981. The van der Waals surface area contributed by atoms with Gasteiger partial charge in [0.15, 0.2) is 0 Å². The van der Waals surface area contributed by atoms with Gasteiger partial charge >= 0.3 is 5.97 Å². The van der Waals surface area contributed by atoms with Crippen molar-refractivity contribution >= 4 is 23.6 Å². The van der Waals surface area contributed by atoms with Crippen LogP contribution in [0.25, 0.3) is 0 Å². The molecule has 1 aliphatic rings. The van der Waals surface area contributed by atoms with Crippen LogP contribution in [0.2, 0.25) is 0 Å². The Kier molecular flexibility index (Phi) is 3.44. The van der Waals surface area contributed by atoms with Crippen molar-refractivity contribution in [1.29, 1.82) is 0 Å². The lowest BCUT2D eigenvalue weighted by molar-refractivity contribution is -0.142. The number of nitrogens with zero attached hydrogens (tertiary/aromatic N) is 1. The third-order valence-electron chi connectivity index (χ3n) is 2.06. The number of rotatable bonds is 2. The van der Waals surface area contributed by atoms with Gasteiger partial charge in [0.1, 0.15) is 6.54 Å². The van der Waals surface area contributed by atoms with Crippen LogP contribution in [-0.4, -0.2) is 34.2 Å². The smallest absolute Gasteiger partial charge is 0.323 e. The molecule has 84 valence electrons. The van der Waals surface area contributed by atoms with Crippen molar-refractivity contribution in [3.8, 4) is 0 Å². The molecule has 0 atom stereocenters. The Labute approximate surface area is 93.3 Å². The number of aliphatic carboxylic acids is 1. The number of hydrogen-bond acceptors (Lipinski definition) is 3. The molecule has 0 radical (unpaired) electrons. The molecule has 0 saturated heterocycles. The first-order valence-corrected chi connectivity index (χ1v) is 5.71. The zero-order chi connectivity index (χ0) is 11.6. The molecule has 1 amide bonds. The van der Waals surface area contributed by atoms with Crippen molar-refractivity contribution < 1.29 is 14.7 Å². The molecule has 0 unspecified atom stereocenters. The molecule has 0 saturated carbocycles. The first-order chi connectivity index (χ1) is 6.82. The minimum Gasteiger partial charge on any atom is -0.480 e. The van der Waals surface area contributed by atoms with Crippen LogP contribution in [0.4, 0.5) is 0 Å². The van der Waals surface area contributed by atoms with Gasteiger partial charge in [0.05, 0.1) is 5.75 Å². The van der Waals surface area contributed by atoms with Crippen LogP contribution in [0, 0.1) is 5.41 Å². The number of carbonyl (C=O) groups excluding carboxylic acids is 1. The topological polar surface area (TPSA) is 57.6 Å². The van der Waals surface area contributed by atoms with Crippen LogP contribution >= 0.6 is 11.8 Å². The summed E-state index contributed by atoms with van der Waals surface area (Å²) in [6.45, 7) is 5.65. The predicted octanol–water partition coefficient (Wildman–Crippen LogP) is 1.53. The maximum absolute atomic E-state index is 11.6. The Morgan fingerprint density at radius 2 is 2.20 bits per heavy atom. The van der Waals surface area contributed by atoms with E-state index in [2.05, 4.69) is 0 Å². The van der Waals surface area contributed by atoms with Crippen molar-refractivity contribution in [2.45, 2.75) is 20.8 Å². The van der Waals surface area contributed by atoms with Gasteiger partial charge in [-0.2, -0.15) is 0 Å². The number of hydrogen-bond donors (Lipinski definition) is 1.